The normalized spacial score (nSPS) is 11.5. The van der Waals surface area contributed by atoms with Crippen molar-refractivity contribution in [3.8, 4) is 17.4 Å². The third-order valence-electron chi connectivity index (χ3n) is 2.79. The molecule has 2 aromatic heterocycles. The first-order chi connectivity index (χ1) is 10.9. The van der Waals surface area contributed by atoms with Gasteiger partial charge < -0.3 is 4.74 Å². The number of benzene rings is 1. The Hall–Kier alpha value is -2.61. The van der Waals surface area contributed by atoms with Gasteiger partial charge in [0.1, 0.15) is 5.69 Å². The smallest absolute Gasteiger partial charge is 0.422 e. The number of alkyl halides is 3. The van der Waals surface area contributed by atoms with Crippen molar-refractivity contribution in [3.05, 3.63) is 59.6 Å². The lowest BCUT2D eigenvalue weighted by atomic mass is 10.3. The van der Waals surface area contributed by atoms with Crippen molar-refractivity contribution in [2.24, 2.45) is 0 Å². The Kier molecular flexibility index (Phi) is 3.91. The number of para-hydroxylation sites is 2. The molecule has 2 heterocycles. The number of ether oxygens (including phenoxy) is 1. The molecule has 9 heteroatoms. The highest BCUT2D eigenvalue weighted by atomic mass is 35.5. The van der Waals surface area contributed by atoms with Crippen LogP contribution in [0.5, 0.6) is 11.8 Å². The second-order valence-corrected chi connectivity index (χ2v) is 4.83. The van der Waals surface area contributed by atoms with Crippen LogP contribution < -0.4 is 4.74 Å². The summed E-state index contributed by atoms with van der Waals surface area (Å²) >= 11 is 5.69. The Morgan fingerprint density at radius 3 is 2.39 bits per heavy atom. The van der Waals surface area contributed by atoms with Crippen LogP contribution >= 0.6 is 11.6 Å². The molecule has 0 aliphatic heterocycles. The zero-order chi connectivity index (χ0) is 16.4. The monoisotopic (exact) mass is 340 g/mol. The van der Waals surface area contributed by atoms with Crippen molar-refractivity contribution in [3.63, 3.8) is 0 Å². The van der Waals surface area contributed by atoms with Gasteiger partial charge in [0.25, 0.3) is 0 Å². The van der Waals surface area contributed by atoms with E-state index in [9.17, 15) is 13.2 Å². The lowest BCUT2D eigenvalue weighted by molar-refractivity contribution is -0.141. The Balaban J connectivity index is 1.94. The number of halogens is 4. The van der Waals surface area contributed by atoms with E-state index in [0.29, 0.717) is 10.7 Å². The highest BCUT2D eigenvalue weighted by Crippen LogP contribution is 2.30. The van der Waals surface area contributed by atoms with Crippen LogP contribution in [0.1, 0.15) is 5.69 Å². The second-order valence-electron chi connectivity index (χ2n) is 4.40. The first-order valence-corrected chi connectivity index (χ1v) is 6.69. The quantitative estimate of drug-likeness (QED) is 0.719. The van der Waals surface area contributed by atoms with E-state index in [1.807, 2.05) is 0 Å². The molecule has 0 unspecified atom stereocenters. The van der Waals surface area contributed by atoms with Crippen molar-refractivity contribution in [1.82, 2.24) is 19.7 Å². The van der Waals surface area contributed by atoms with Crippen LogP contribution in [0, 0.1) is 0 Å². The number of hydrogen-bond donors (Lipinski definition) is 0. The summed E-state index contributed by atoms with van der Waals surface area (Å²) < 4.78 is 44.6. The topological polar surface area (TPSA) is 52.8 Å². The van der Waals surface area contributed by atoms with E-state index in [1.165, 1.54) is 18.6 Å². The molecule has 0 saturated heterocycles. The van der Waals surface area contributed by atoms with Gasteiger partial charge >= 0.3 is 12.2 Å². The summed E-state index contributed by atoms with van der Waals surface area (Å²) in [5.74, 6) is 0.256. The van der Waals surface area contributed by atoms with Crippen molar-refractivity contribution in [2.75, 3.05) is 0 Å². The minimum Gasteiger partial charge on any atom is -0.422 e. The lowest BCUT2D eigenvalue weighted by Gasteiger charge is -2.09. The summed E-state index contributed by atoms with van der Waals surface area (Å²) in [6, 6.07) is 7.36. The van der Waals surface area contributed by atoms with Gasteiger partial charge in [0, 0.05) is 6.20 Å². The fourth-order valence-electron chi connectivity index (χ4n) is 1.79. The molecule has 0 bridgehead atoms. The van der Waals surface area contributed by atoms with E-state index >= 15 is 0 Å². The van der Waals surface area contributed by atoms with Gasteiger partial charge in [-0.25, -0.2) is 14.6 Å². The van der Waals surface area contributed by atoms with Crippen molar-refractivity contribution >= 4 is 11.6 Å². The molecule has 5 nitrogen and oxygen atoms in total. The molecule has 1 aromatic carbocycles. The molecule has 0 amide bonds. The first kappa shape index (κ1) is 15.3. The molecule has 0 radical (unpaired) electrons. The summed E-state index contributed by atoms with van der Waals surface area (Å²) in [6.07, 6.45) is -0.613. The SMILES string of the molecule is FC(F)(F)c1ccn(-c2ccccc2Oc2ncc(Cl)cn2)n1. The minimum absolute atomic E-state index is 0.0186. The van der Waals surface area contributed by atoms with Crippen molar-refractivity contribution in [2.45, 2.75) is 6.18 Å². The van der Waals surface area contributed by atoms with E-state index < -0.39 is 11.9 Å². The third kappa shape index (κ3) is 3.42. The zero-order valence-electron chi connectivity index (χ0n) is 11.3. The summed E-state index contributed by atoms with van der Waals surface area (Å²) in [5.41, 5.74) is -0.670. The lowest BCUT2D eigenvalue weighted by Crippen LogP contribution is -2.07. The van der Waals surface area contributed by atoms with Crippen LogP contribution in [0.2, 0.25) is 5.02 Å². The zero-order valence-corrected chi connectivity index (χ0v) is 12.1. The Morgan fingerprint density at radius 2 is 1.74 bits per heavy atom. The third-order valence-corrected chi connectivity index (χ3v) is 2.98. The van der Waals surface area contributed by atoms with Crippen LogP contribution in [0.15, 0.2) is 48.9 Å². The molecular formula is C14H8ClF3N4O. The van der Waals surface area contributed by atoms with Gasteiger partial charge in [-0.2, -0.15) is 18.3 Å². The molecule has 0 N–H and O–H groups in total. The maximum absolute atomic E-state index is 12.7. The average molecular weight is 341 g/mol. The van der Waals surface area contributed by atoms with Gasteiger partial charge in [0.05, 0.1) is 17.4 Å². The minimum atomic E-state index is -4.51. The van der Waals surface area contributed by atoms with Gasteiger partial charge in [-0.05, 0) is 18.2 Å². The number of nitrogens with zero attached hydrogens (tertiary/aromatic N) is 4. The number of rotatable bonds is 3. The number of aromatic nitrogens is 4. The predicted molar refractivity (Wildman–Crippen MR) is 75.7 cm³/mol. The van der Waals surface area contributed by atoms with Crippen LogP contribution in [0.4, 0.5) is 13.2 Å². The molecule has 3 rings (SSSR count). The standard InChI is InChI=1S/C14H8ClF3N4O/c15-9-7-19-13(20-8-9)23-11-4-2-1-3-10(11)22-6-5-12(21-22)14(16,17)18/h1-8H. The molecule has 118 valence electrons. The van der Waals surface area contributed by atoms with Crippen LogP contribution in [0.25, 0.3) is 5.69 Å². The maximum atomic E-state index is 12.7. The van der Waals surface area contributed by atoms with Gasteiger partial charge in [0.2, 0.25) is 0 Å². The van der Waals surface area contributed by atoms with Crippen LogP contribution in [-0.2, 0) is 6.18 Å². The highest BCUT2D eigenvalue weighted by molar-refractivity contribution is 6.30. The van der Waals surface area contributed by atoms with E-state index in [-0.39, 0.29) is 11.8 Å². The molecule has 0 spiro atoms. The summed E-state index contributed by atoms with van der Waals surface area (Å²) in [4.78, 5) is 7.76. The molecule has 0 atom stereocenters. The van der Waals surface area contributed by atoms with E-state index in [2.05, 4.69) is 15.1 Å². The molecular weight excluding hydrogens is 333 g/mol. The molecule has 23 heavy (non-hydrogen) atoms. The fraction of sp³-hybridized carbons (Fsp3) is 0.0714. The Bertz CT molecular complexity index is 817. The largest absolute Gasteiger partial charge is 0.435 e. The van der Waals surface area contributed by atoms with Gasteiger partial charge in [-0.15, -0.1) is 0 Å². The Morgan fingerprint density at radius 1 is 1.04 bits per heavy atom. The van der Waals surface area contributed by atoms with Gasteiger partial charge in [0.15, 0.2) is 11.4 Å². The summed E-state index contributed by atoms with van der Waals surface area (Å²) in [5, 5.41) is 3.86. The van der Waals surface area contributed by atoms with Crippen LogP contribution in [-0.4, -0.2) is 19.7 Å². The van der Waals surface area contributed by atoms with Gasteiger partial charge in [-0.3, -0.25) is 0 Å². The highest BCUT2D eigenvalue weighted by Gasteiger charge is 2.33. The van der Waals surface area contributed by atoms with E-state index in [1.54, 1.807) is 24.3 Å². The fourth-order valence-corrected chi connectivity index (χ4v) is 1.89. The Labute approximate surface area is 133 Å². The van der Waals surface area contributed by atoms with E-state index in [4.69, 9.17) is 16.3 Å². The summed E-state index contributed by atoms with van der Waals surface area (Å²) in [7, 11) is 0. The molecule has 3 aromatic rings. The molecule has 0 saturated carbocycles. The first-order valence-electron chi connectivity index (χ1n) is 6.31. The van der Waals surface area contributed by atoms with Gasteiger partial charge in [-0.1, -0.05) is 23.7 Å². The number of hydrogen-bond acceptors (Lipinski definition) is 4. The maximum Gasteiger partial charge on any atom is 0.435 e. The molecule has 0 fully saturated rings. The van der Waals surface area contributed by atoms with Crippen molar-refractivity contribution < 1.29 is 17.9 Å². The van der Waals surface area contributed by atoms with E-state index in [0.717, 1.165) is 10.7 Å². The second kappa shape index (κ2) is 5.88. The van der Waals surface area contributed by atoms with Crippen molar-refractivity contribution in [1.29, 1.82) is 0 Å². The molecule has 0 aliphatic rings. The predicted octanol–water partition coefficient (Wildman–Crippen LogP) is 4.13. The molecule has 0 aliphatic carbocycles. The van der Waals surface area contributed by atoms with Crippen LogP contribution in [0.3, 0.4) is 0 Å². The summed E-state index contributed by atoms with van der Waals surface area (Å²) in [6.45, 7) is 0. The average Bonchev–Trinajstić information content (AvgIpc) is 3.00.